The van der Waals surface area contributed by atoms with Crippen molar-refractivity contribution in [3.63, 3.8) is 0 Å². The van der Waals surface area contributed by atoms with Crippen LogP contribution in [-0.4, -0.2) is 56.5 Å². The largest absolute Gasteiger partial charge is 0.487 e. The number of nitrogens with one attached hydrogen (secondary N) is 2. The van der Waals surface area contributed by atoms with Gasteiger partial charge in [0, 0.05) is 29.7 Å². The zero-order valence-corrected chi connectivity index (χ0v) is 27.3. The minimum Gasteiger partial charge on any atom is -0.487 e. The number of sulfonamides is 1. The molecule has 6 atom stereocenters. The first kappa shape index (κ1) is 32.1. The maximum Gasteiger partial charge on any atom is 0.264 e. The fraction of sp³-hybridized carbons (Fsp3) is 0.606. The first-order valence-corrected chi connectivity index (χ1v) is 17.5. The zero-order chi connectivity index (χ0) is 30.9. The molecule has 5 rings (SSSR count). The average Bonchev–Trinajstić information content (AvgIpc) is 2.96. The van der Waals surface area contributed by atoms with E-state index in [-0.39, 0.29) is 29.4 Å². The van der Waals surface area contributed by atoms with Gasteiger partial charge in [-0.2, -0.15) is 0 Å². The van der Waals surface area contributed by atoms with Crippen LogP contribution in [0.4, 0.5) is 5.69 Å². The van der Waals surface area contributed by atoms with Crippen LogP contribution < -0.4 is 19.7 Å². The number of fused-ring (bicyclic) bond motifs is 3. The van der Waals surface area contributed by atoms with Gasteiger partial charge in [0.25, 0.3) is 5.91 Å². The normalized spacial score (nSPS) is 31.7. The summed E-state index contributed by atoms with van der Waals surface area (Å²) in [7, 11) is -2.09. The fourth-order valence-electron chi connectivity index (χ4n) is 7.15. The van der Waals surface area contributed by atoms with Crippen molar-refractivity contribution in [1.29, 1.82) is 0 Å². The first-order valence-electron chi connectivity index (χ1n) is 15.6. The lowest BCUT2D eigenvalue weighted by Crippen LogP contribution is -2.52. The summed E-state index contributed by atoms with van der Waals surface area (Å²) < 4.78 is 35.5. The van der Waals surface area contributed by atoms with Crippen molar-refractivity contribution >= 4 is 33.2 Å². The van der Waals surface area contributed by atoms with E-state index in [1.165, 1.54) is 5.56 Å². The topological polar surface area (TPSA) is 108 Å². The molecule has 3 N–H and O–H groups in total. The van der Waals surface area contributed by atoms with Crippen LogP contribution in [0.15, 0.2) is 36.4 Å². The number of benzene rings is 2. The number of rotatable bonds is 1. The molecule has 0 saturated heterocycles. The van der Waals surface area contributed by atoms with Gasteiger partial charge in [0.05, 0.1) is 16.5 Å². The summed E-state index contributed by atoms with van der Waals surface area (Å²) >= 11 is 6.32. The van der Waals surface area contributed by atoms with E-state index in [1.54, 1.807) is 25.1 Å². The highest BCUT2D eigenvalue weighted by atomic mass is 35.5. The number of anilines is 1. The third kappa shape index (κ3) is 7.16. The number of carbonyl (C=O) groups excluding carboxylic acids is 1. The summed E-state index contributed by atoms with van der Waals surface area (Å²) in [6.45, 7) is 7.30. The van der Waals surface area contributed by atoms with Crippen molar-refractivity contribution in [2.75, 3.05) is 25.0 Å². The Bertz CT molecular complexity index is 1430. The number of ether oxygens (including phenoxy) is 1. The van der Waals surface area contributed by atoms with Crippen molar-refractivity contribution in [3.05, 3.63) is 58.1 Å². The molecule has 2 aromatic rings. The smallest absolute Gasteiger partial charge is 0.264 e. The summed E-state index contributed by atoms with van der Waals surface area (Å²) in [4.78, 5) is 15.7. The molecule has 8 nitrogen and oxygen atoms in total. The summed E-state index contributed by atoms with van der Waals surface area (Å²) in [5.74, 6) is 0.162. The number of hydrogen-bond acceptors (Lipinski definition) is 7. The molecule has 0 unspecified atom stereocenters. The third-order valence-electron chi connectivity index (χ3n) is 10.2. The van der Waals surface area contributed by atoms with E-state index < -0.39 is 26.8 Å². The highest BCUT2D eigenvalue weighted by Crippen LogP contribution is 2.46. The third-order valence-corrected chi connectivity index (χ3v) is 12.3. The highest BCUT2D eigenvalue weighted by molar-refractivity contribution is 7.90. The van der Waals surface area contributed by atoms with Gasteiger partial charge < -0.3 is 20.1 Å². The molecule has 2 aromatic carbocycles. The van der Waals surface area contributed by atoms with Crippen LogP contribution in [0.2, 0.25) is 5.02 Å². The van der Waals surface area contributed by atoms with E-state index in [0.717, 1.165) is 56.4 Å². The van der Waals surface area contributed by atoms with Gasteiger partial charge >= 0.3 is 0 Å². The van der Waals surface area contributed by atoms with Gasteiger partial charge in [-0.25, -0.2) is 13.1 Å². The summed E-state index contributed by atoms with van der Waals surface area (Å²) in [6.07, 6.45) is 5.83. The standard InChI is InChI=1S/C33H46ClN3O5S/c1-21-15-28(35-4)18-33(3,39)29-12-9-25(29)19-37-14-6-5-7-23-16-27(34)11-8-26(23)20-42-31-13-10-24(17-30(31)37)32(38)36-43(40,41)22(21)2/h8,10-11,13,16-17,21-22,25,28-29,35,39H,5-7,9,12,14-15,18-20H2,1-4H3,(H,36,38)/t21-,22+,25-,28+,29+,33+/m0/s1. The summed E-state index contributed by atoms with van der Waals surface area (Å²) in [5.41, 5.74) is 2.39. The number of carbonyl (C=O) groups is 1. The predicted octanol–water partition coefficient (Wildman–Crippen LogP) is 5.30. The minimum absolute atomic E-state index is 0.0620. The van der Waals surface area contributed by atoms with Gasteiger partial charge in [-0.1, -0.05) is 24.6 Å². The van der Waals surface area contributed by atoms with Crippen molar-refractivity contribution in [3.8, 4) is 5.75 Å². The second kappa shape index (κ2) is 13.0. The molecule has 2 heterocycles. The monoisotopic (exact) mass is 631 g/mol. The average molecular weight is 632 g/mol. The lowest BCUT2D eigenvalue weighted by atomic mass is 9.63. The number of hydrogen-bond donors (Lipinski definition) is 3. The number of halogens is 1. The Hall–Kier alpha value is -2.33. The van der Waals surface area contributed by atoms with Crippen LogP contribution in [0.5, 0.6) is 5.75 Å². The molecular formula is C33H46ClN3O5S. The lowest BCUT2D eigenvalue weighted by molar-refractivity contribution is -0.0789. The van der Waals surface area contributed by atoms with Crippen molar-refractivity contribution in [2.45, 2.75) is 89.2 Å². The van der Waals surface area contributed by atoms with Gasteiger partial charge in [0.15, 0.2) is 0 Å². The summed E-state index contributed by atoms with van der Waals surface area (Å²) in [5, 5.41) is 15.0. The van der Waals surface area contributed by atoms with Crippen LogP contribution in [0.3, 0.4) is 0 Å². The van der Waals surface area contributed by atoms with E-state index in [0.29, 0.717) is 30.2 Å². The van der Waals surface area contributed by atoms with Crippen LogP contribution in [-0.2, 0) is 23.1 Å². The molecule has 1 amide bonds. The number of amides is 1. The van der Waals surface area contributed by atoms with E-state index >= 15 is 0 Å². The van der Waals surface area contributed by atoms with E-state index in [4.69, 9.17) is 16.3 Å². The van der Waals surface area contributed by atoms with Gasteiger partial charge in [-0.15, -0.1) is 0 Å². The molecular weight excluding hydrogens is 586 g/mol. The molecule has 0 radical (unpaired) electrons. The van der Waals surface area contributed by atoms with Gasteiger partial charge in [-0.3, -0.25) is 4.79 Å². The van der Waals surface area contributed by atoms with Crippen LogP contribution in [0, 0.1) is 17.8 Å². The Labute approximate surface area is 261 Å². The Morgan fingerprint density at radius 2 is 1.91 bits per heavy atom. The van der Waals surface area contributed by atoms with E-state index in [9.17, 15) is 18.3 Å². The Balaban J connectivity index is 1.55. The number of aryl methyl sites for hydroxylation is 1. The maximum absolute atomic E-state index is 13.4. The maximum atomic E-state index is 13.4. The minimum atomic E-state index is -3.95. The van der Waals surface area contributed by atoms with Crippen LogP contribution in [0.25, 0.3) is 0 Å². The summed E-state index contributed by atoms with van der Waals surface area (Å²) in [6, 6.07) is 11.0. The van der Waals surface area contributed by atoms with E-state index in [2.05, 4.69) is 14.9 Å². The molecule has 1 fully saturated rings. The molecule has 1 saturated carbocycles. The molecule has 0 spiro atoms. The number of nitrogens with zero attached hydrogens (tertiary/aromatic N) is 1. The quantitative estimate of drug-likeness (QED) is 0.392. The molecule has 43 heavy (non-hydrogen) atoms. The van der Waals surface area contributed by atoms with Crippen molar-refractivity contribution < 1.29 is 23.1 Å². The molecule has 0 aromatic heterocycles. The van der Waals surface area contributed by atoms with E-state index in [1.807, 2.05) is 39.1 Å². The first-order chi connectivity index (χ1) is 20.4. The Kier molecular flexibility index (Phi) is 9.66. The molecule has 2 aliphatic heterocycles. The Morgan fingerprint density at radius 3 is 2.63 bits per heavy atom. The van der Waals surface area contributed by atoms with Gasteiger partial charge in [-0.05, 0) is 125 Å². The van der Waals surface area contributed by atoms with Crippen LogP contribution >= 0.6 is 11.6 Å². The molecule has 2 bridgehead atoms. The number of aliphatic hydroxyl groups is 1. The Morgan fingerprint density at radius 1 is 1.12 bits per heavy atom. The predicted molar refractivity (Wildman–Crippen MR) is 171 cm³/mol. The fourth-order valence-corrected chi connectivity index (χ4v) is 8.63. The van der Waals surface area contributed by atoms with Crippen LogP contribution in [0.1, 0.15) is 80.8 Å². The molecule has 3 aliphatic rings. The zero-order valence-electron chi connectivity index (χ0n) is 25.7. The highest BCUT2D eigenvalue weighted by Gasteiger charge is 2.45. The van der Waals surface area contributed by atoms with Crippen molar-refractivity contribution in [1.82, 2.24) is 10.0 Å². The lowest BCUT2D eigenvalue weighted by Gasteiger charge is -2.49. The SMILES string of the molecule is CN[C@@H]1C[C@H](C)[C@@H](C)S(=O)(=O)NC(=O)c2ccc3c(c2)N(CCCCc2cc(Cl)ccc2CO3)C[C@@H]2CC[C@H]2[C@](C)(O)C1. The van der Waals surface area contributed by atoms with Crippen molar-refractivity contribution in [2.24, 2.45) is 17.8 Å². The molecule has 236 valence electrons. The molecule has 10 heteroatoms. The van der Waals surface area contributed by atoms with Gasteiger partial charge in [0.1, 0.15) is 12.4 Å². The second-order valence-corrected chi connectivity index (χ2v) is 15.6. The molecule has 1 aliphatic carbocycles. The van der Waals surface area contributed by atoms with Gasteiger partial charge in [0.2, 0.25) is 10.0 Å². The second-order valence-electron chi connectivity index (χ2n) is 13.2.